The van der Waals surface area contributed by atoms with Crippen molar-refractivity contribution in [1.82, 2.24) is 0 Å². The van der Waals surface area contributed by atoms with Crippen LogP contribution in [0.2, 0.25) is 10.0 Å². The molecular formula is C15H14Cl2N2O. The maximum atomic E-state index is 11.1. The molecule has 20 heavy (non-hydrogen) atoms. The first-order chi connectivity index (χ1) is 9.47. The lowest BCUT2D eigenvalue weighted by Gasteiger charge is -2.10. The molecule has 0 atom stereocenters. The van der Waals surface area contributed by atoms with Crippen LogP contribution in [0.4, 0.5) is 5.69 Å². The van der Waals surface area contributed by atoms with Crippen LogP contribution in [-0.4, -0.2) is 5.91 Å². The fourth-order valence-corrected chi connectivity index (χ4v) is 2.15. The number of aryl methyl sites for hydroxylation is 1. The molecule has 0 heterocycles. The molecule has 0 saturated carbocycles. The topological polar surface area (TPSA) is 55.1 Å². The van der Waals surface area contributed by atoms with Crippen molar-refractivity contribution < 1.29 is 4.79 Å². The van der Waals surface area contributed by atoms with Gasteiger partial charge >= 0.3 is 0 Å². The number of hydrogen-bond donors (Lipinski definition) is 2. The first-order valence-corrected chi connectivity index (χ1v) is 6.81. The fourth-order valence-electron chi connectivity index (χ4n) is 1.85. The summed E-state index contributed by atoms with van der Waals surface area (Å²) in [4.78, 5) is 11.1. The Labute approximate surface area is 127 Å². The molecule has 0 unspecified atom stereocenters. The van der Waals surface area contributed by atoms with E-state index in [1.165, 1.54) is 0 Å². The van der Waals surface area contributed by atoms with Crippen molar-refractivity contribution in [2.75, 3.05) is 5.32 Å². The second kappa shape index (κ2) is 6.16. The van der Waals surface area contributed by atoms with Crippen molar-refractivity contribution in [3.8, 4) is 0 Å². The van der Waals surface area contributed by atoms with Gasteiger partial charge in [0.15, 0.2) is 0 Å². The monoisotopic (exact) mass is 308 g/mol. The number of carbonyl (C=O) groups excluding carboxylic acids is 1. The minimum absolute atomic E-state index is 0.419. The first-order valence-electron chi connectivity index (χ1n) is 6.05. The summed E-state index contributed by atoms with van der Waals surface area (Å²) in [6.07, 6.45) is 0. The molecular weight excluding hydrogens is 295 g/mol. The van der Waals surface area contributed by atoms with E-state index < -0.39 is 5.91 Å². The molecule has 3 N–H and O–H groups in total. The summed E-state index contributed by atoms with van der Waals surface area (Å²) in [5.74, 6) is -0.419. The van der Waals surface area contributed by atoms with Crippen LogP contribution in [0.3, 0.4) is 0 Å². The Morgan fingerprint density at radius 3 is 2.50 bits per heavy atom. The van der Waals surface area contributed by atoms with Gasteiger partial charge in [-0.05, 0) is 48.4 Å². The van der Waals surface area contributed by atoms with Gasteiger partial charge in [0.25, 0.3) is 0 Å². The van der Waals surface area contributed by atoms with E-state index in [0.717, 1.165) is 16.8 Å². The summed E-state index contributed by atoms with van der Waals surface area (Å²) in [6.45, 7) is 2.57. The molecule has 0 aromatic heterocycles. The van der Waals surface area contributed by atoms with Crippen molar-refractivity contribution in [2.24, 2.45) is 5.73 Å². The van der Waals surface area contributed by atoms with Crippen LogP contribution in [0.25, 0.3) is 0 Å². The van der Waals surface area contributed by atoms with E-state index in [-0.39, 0.29) is 0 Å². The molecule has 0 spiro atoms. The number of amides is 1. The zero-order chi connectivity index (χ0) is 14.7. The summed E-state index contributed by atoms with van der Waals surface area (Å²) in [5, 5.41) is 4.30. The molecule has 0 bridgehead atoms. The van der Waals surface area contributed by atoms with Crippen LogP contribution in [0.5, 0.6) is 0 Å². The predicted octanol–water partition coefficient (Wildman–Crippen LogP) is 4.01. The fraction of sp³-hybridized carbons (Fsp3) is 0.133. The normalized spacial score (nSPS) is 10.3. The summed E-state index contributed by atoms with van der Waals surface area (Å²) in [5.41, 5.74) is 8.74. The number of carbonyl (C=O) groups is 1. The molecule has 5 heteroatoms. The van der Waals surface area contributed by atoms with Crippen molar-refractivity contribution >= 4 is 34.8 Å². The Morgan fingerprint density at radius 1 is 1.15 bits per heavy atom. The van der Waals surface area contributed by atoms with Gasteiger partial charge in [-0.3, -0.25) is 4.79 Å². The second-order valence-corrected chi connectivity index (χ2v) is 5.30. The number of anilines is 1. The number of primary amides is 1. The zero-order valence-corrected chi connectivity index (χ0v) is 12.4. The second-order valence-electron chi connectivity index (χ2n) is 4.49. The Balaban J connectivity index is 2.10. The van der Waals surface area contributed by atoms with Crippen molar-refractivity contribution in [2.45, 2.75) is 13.5 Å². The average Bonchev–Trinajstić information content (AvgIpc) is 2.41. The van der Waals surface area contributed by atoms with Crippen LogP contribution < -0.4 is 11.1 Å². The van der Waals surface area contributed by atoms with E-state index in [1.54, 1.807) is 24.3 Å². The highest BCUT2D eigenvalue weighted by atomic mass is 35.5. The van der Waals surface area contributed by atoms with Gasteiger partial charge in [-0.25, -0.2) is 0 Å². The van der Waals surface area contributed by atoms with E-state index in [4.69, 9.17) is 28.9 Å². The third-order valence-corrected chi connectivity index (χ3v) is 3.77. The SMILES string of the molecule is Cc1cc(C(N)=O)ccc1CNc1ccc(Cl)c(Cl)c1. The van der Waals surface area contributed by atoms with Gasteiger partial charge < -0.3 is 11.1 Å². The molecule has 0 fully saturated rings. The van der Waals surface area contributed by atoms with Crippen LogP contribution >= 0.6 is 23.2 Å². The summed E-state index contributed by atoms with van der Waals surface area (Å²) < 4.78 is 0. The molecule has 0 aliphatic rings. The largest absolute Gasteiger partial charge is 0.381 e. The van der Waals surface area contributed by atoms with E-state index >= 15 is 0 Å². The molecule has 104 valence electrons. The van der Waals surface area contributed by atoms with Gasteiger partial charge in [-0.15, -0.1) is 0 Å². The number of benzene rings is 2. The lowest BCUT2D eigenvalue weighted by Crippen LogP contribution is -2.11. The van der Waals surface area contributed by atoms with Gasteiger partial charge in [0.2, 0.25) is 5.91 Å². The molecule has 0 saturated heterocycles. The van der Waals surface area contributed by atoms with Gasteiger partial charge in [0.05, 0.1) is 10.0 Å². The zero-order valence-electron chi connectivity index (χ0n) is 10.9. The standard InChI is InChI=1S/C15H14Cl2N2O/c1-9-6-10(15(18)20)2-3-11(9)8-19-12-4-5-13(16)14(17)7-12/h2-7,19H,8H2,1H3,(H2,18,20). The van der Waals surface area contributed by atoms with Crippen molar-refractivity contribution in [1.29, 1.82) is 0 Å². The quantitative estimate of drug-likeness (QED) is 0.896. The Hall–Kier alpha value is -1.71. The third-order valence-electron chi connectivity index (χ3n) is 3.03. The predicted molar refractivity (Wildman–Crippen MR) is 83.5 cm³/mol. The van der Waals surface area contributed by atoms with Crippen molar-refractivity contribution in [3.05, 3.63) is 63.1 Å². The van der Waals surface area contributed by atoms with Gasteiger partial charge in [0, 0.05) is 17.8 Å². The third kappa shape index (κ3) is 3.44. The molecule has 3 nitrogen and oxygen atoms in total. The summed E-state index contributed by atoms with van der Waals surface area (Å²) >= 11 is 11.8. The maximum Gasteiger partial charge on any atom is 0.248 e. The van der Waals surface area contributed by atoms with Gasteiger partial charge in [-0.1, -0.05) is 29.3 Å². The van der Waals surface area contributed by atoms with Crippen molar-refractivity contribution in [3.63, 3.8) is 0 Å². The van der Waals surface area contributed by atoms with Crippen LogP contribution in [0.1, 0.15) is 21.5 Å². The number of halogens is 2. The first kappa shape index (κ1) is 14.7. The minimum Gasteiger partial charge on any atom is -0.381 e. The summed E-state index contributed by atoms with van der Waals surface area (Å²) in [6, 6.07) is 10.8. The molecule has 2 rings (SSSR count). The van der Waals surface area contributed by atoms with Gasteiger partial charge in [0.1, 0.15) is 0 Å². The lowest BCUT2D eigenvalue weighted by atomic mass is 10.0. The smallest absolute Gasteiger partial charge is 0.248 e. The van der Waals surface area contributed by atoms with Crippen LogP contribution in [0.15, 0.2) is 36.4 Å². The Kier molecular flexibility index (Phi) is 4.53. The van der Waals surface area contributed by atoms with Gasteiger partial charge in [-0.2, -0.15) is 0 Å². The van der Waals surface area contributed by atoms with E-state index in [0.29, 0.717) is 22.2 Å². The average molecular weight is 309 g/mol. The highest BCUT2D eigenvalue weighted by Gasteiger charge is 2.05. The Bertz CT molecular complexity index is 656. The molecule has 2 aromatic rings. The molecule has 1 amide bonds. The van der Waals surface area contributed by atoms with Crippen LogP contribution in [-0.2, 0) is 6.54 Å². The van der Waals surface area contributed by atoms with E-state index in [1.807, 2.05) is 19.1 Å². The lowest BCUT2D eigenvalue weighted by molar-refractivity contribution is 0.1000. The molecule has 0 aliphatic carbocycles. The van der Waals surface area contributed by atoms with E-state index in [2.05, 4.69) is 5.32 Å². The van der Waals surface area contributed by atoms with E-state index in [9.17, 15) is 4.79 Å². The number of hydrogen-bond acceptors (Lipinski definition) is 2. The minimum atomic E-state index is -0.419. The molecule has 0 radical (unpaired) electrons. The number of nitrogens with two attached hydrogens (primary N) is 1. The van der Waals surface area contributed by atoms with Crippen LogP contribution in [0, 0.1) is 6.92 Å². The maximum absolute atomic E-state index is 11.1. The number of nitrogens with one attached hydrogen (secondary N) is 1. The Morgan fingerprint density at radius 2 is 1.90 bits per heavy atom. The molecule has 2 aromatic carbocycles. The molecule has 0 aliphatic heterocycles. The highest BCUT2D eigenvalue weighted by Crippen LogP contribution is 2.25. The summed E-state index contributed by atoms with van der Waals surface area (Å²) in [7, 11) is 0. The number of rotatable bonds is 4. The highest BCUT2D eigenvalue weighted by molar-refractivity contribution is 6.42.